The minimum absolute atomic E-state index is 0.0375. The van der Waals surface area contributed by atoms with E-state index in [4.69, 9.17) is 0 Å². The topological polar surface area (TPSA) is 70.5 Å². The maximum atomic E-state index is 12.9. The maximum absolute atomic E-state index is 12.9. The molecule has 1 amide bonds. The van der Waals surface area contributed by atoms with Crippen LogP contribution in [0.2, 0.25) is 0 Å². The van der Waals surface area contributed by atoms with Crippen molar-refractivity contribution >= 4 is 6.41 Å². The van der Waals surface area contributed by atoms with Crippen molar-refractivity contribution in [3.05, 3.63) is 89.0 Å². The molecular weight excluding hydrogens is 584 g/mol. The Balaban J connectivity index is 0.000000144. The average molecular weight is 634 g/mol. The van der Waals surface area contributed by atoms with Gasteiger partial charge in [0.25, 0.3) is 11.5 Å². The van der Waals surface area contributed by atoms with E-state index in [1.54, 1.807) is 7.05 Å². The van der Waals surface area contributed by atoms with Gasteiger partial charge in [-0.3, -0.25) is 9.59 Å². The van der Waals surface area contributed by atoms with Gasteiger partial charge in [0.2, 0.25) is 6.41 Å². The van der Waals surface area contributed by atoms with Gasteiger partial charge < -0.3 is 19.7 Å². The Kier molecular flexibility index (Phi) is 11.4. The number of hydrogen-bond acceptors (Lipinski definition) is 5. The number of halogens is 2. The number of likely N-dealkylation sites (tertiary alicyclic amines) is 2. The van der Waals surface area contributed by atoms with Crippen LogP contribution in [-0.4, -0.2) is 70.4 Å². The lowest BCUT2D eigenvalue weighted by molar-refractivity contribution is -0.122. The van der Waals surface area contributed by atoms with Gasteiger partial charge in [-0.15, -0.1) is 0 Å². The van der Waals surface area contributed by atoms with Gasteiger partial charge in [0, 0.05) is 56.7 Å². The van der Waals surface area contributed by atoms with Crippen molar-refractivity contribution in [1.29, 1.82) is 0 Å². The van der Waals surface area contributed by atoms with Gasteiger partial charge in [-0.25, -0.2) is 13.8 Å². The summed E-state index contributed by atoms with van der Waals surface area (Å²) < 4.78 is 27.3. The number of rotatable bonds is 5. The highest BCUT2D eigenvalue weighted by molar-refractivity contribution is 5.57. The van der Waals surface area contributed by atoms with Crippen molar-refractivity contribution in [2.45, 2.75) is 88.3 Å². The molecule has 1 aromatic heterocycles. The molecule has 1 spiro atoms. The normalized spacial score (nSPS) is 23.8. The number of amides is 1. The molecule has 7 nitrogen and oxygen atoms in total. The van der Waals surface area contributed by atoms with Crippen LogP contribution in [0.1, 0.15) is 75.8 Å². The van der Waals surface area contributed by atoms with Crippen LogP contribution in [0.4, 0.5) is 8.78 Å². The smallest absolute Gasteiger partial charge is 0.253 e. The van der Waals surface area contributed by atoms with Gasteiger partial charge >= 0.3 is 0 Å². The largest absolute Gasteiger partial charge is 0.338 e. The zero-order valence-electron chi connectivity index (χ0n) is 27.3. The van der Waals surface area contributed by atoms with Gasteiger partial charge in [0.1, 0.15) is 0 Å². The van der Waals surface area contributed by atoms with E-state index in [0.29, 0.717) is 12.2 Å². The first-order valence-corrected chi connectivity index (χ1v) is 16.8. The van der Waals surface area contributed by atoms with Crippen LogP contribution in [0.25, 0.3) is 11.3 Å². The molecule has 0 radical (unpaired) electrons. The van der Waals surface area contributed by atoms with E-state index < -0.39 is 5.92 Å². The summed E-state index contributed by atoms with van der Waals surface area (Å²) >= 11 is 0. The lowest BCUT2D eigenvalue weighted by Crippen LogP contribution is -2.54. The Hall–Kier alpha value is -3.43. The molecule has 9 heteroatoms. The third kappa shape index (κ3) is 9.10. The number of carbonyl (C=O) groups excluding carboxylic acids is 1. The summed E-state index contributed by atoms with van der Waals surface area (Å²) in [7, 11) is 3.96. The highest BCUT2D eigenvalue weighted by Gasteiger charge is 2.46. The molecule has 2 aliphatic carbocycles. The third-order valence-corrected chi connectivity index (χ3v) is 10.1. The molecule has 4 fully saturated rings. The van der Waals surface area contributed by atoms with Gasteiger partial charge in [-0.1, -0.05) is 73.5 Å². The zero-order chi connectivity index (χ0) is 32.6. The molecule has 3 heterocycles. The number of hydrogen-bond donors (Lipinski definition) is 1. The fraction of sp³-hybridized carbons (Fsp3) is 0.541. The van der Waals surface area contributed by atoms with Crippen molar-refractivity contribution in [3.63, 3.8) is 0 Å². The van der Waals surface area contributed by atoms with E-state index >= 15 is 0 Å². The number of aryl methyl sites for hydroxylation is 1. The maximum Gasteiger partial charge on any atom is 0.253 e. The predicted molar refractivity (Wildman–Crippen MR) is 179 cm³/mol. The lowest BCUT2D eigenvalue weighted by Gasteiger charge is -2.42. The number of piperidine rings is 2. The Morgan fingerprint density at radius 1 is 0.891 bits per heavy atom. The summed E-state index contributed by atoms with van der Waals surface area (Å²) in [5, 5.41) is 3.33. The van der Waals surface area contributed by atoms with Gasteiger partial charge in [0.15, 0.2) is 0 Å². The summed E-state index contributed by atoms with van der Waals surface area (Å²) in [5.74, 6) is -2.49. The van der Waals surface area contributed by atoms with E-state index in [-0.39, 0.29) is 36.5 Å². The molecule has 1 N–H and O–H groups in total. The summed E-state index contributed by atoms with van der Waals surface area (Å²) in [6.07, 6.45) is 12.9. The summed E-state index contributed by atoms with van der Waals surface area (Å²) in [5.41, 5.74) is 3.51. The van der Waals surface area contributed by atoms with Crippen molar-refractivity contribution in [3.8, 4) is 11.3 Å². The second-order valence-electron chi connectivity index (χ2n) is 13.8. The minimum Gasteiger partial charge on any atom is -0.338 e. The number of benzene rings is 2. The average Bonchev–Trinajstić information content (AvgIpc) is 3.49. The van der Waals surface area contributed by atoms with E-state index in [1.807, 2.05) is 65.6 Å². The molecule has 0 bridgehead atoms. The number of nitrogens with zero attached hydrogens (tertiary/aromatic N) is 4. The zero-order valence-corrected chi connectivity index (χ0v) is 27.3. The van der Waals surface area contributed by atoms with Crippen LogP contribution in [0, 0.1) is 5.41 Å². The number of nitrogens with one attached hydrogen (secondary N) is 1. The van der Waals surface area contributed by atoms with E-state index in [9.17, 15) is 18.4 Å². The molecule has 2 saturated carbocycles. The molecule has 2 aromatic carbocycles. The molecular formula is C37H49F2N5O2. The Morgan fingerprint density at radius 2 is 1.54 bits per heavy atom. The lowest BCUT2D eigenvalue weighted by atomic mass is 9.79. The van der Waals surface area contributed by atoms with E-state index in [0.717, 1.165) is 35.8 Å². The van der Waals surface area contributed by atoms with Crippen molar-refractivity contribution in [2.24, 2.45) is 12.5 Å². The SMILES string of the molecule is CN1CCCC2(CCCC2)C1.Cn1cnc(-c2ccccc2)cc1=O.O=CN1CC[C@@H](NC2CC(F)(F)C2)C[C@H]1c1ccccc1. The summed E-state index contributed by atoms with van der Waals surface area (Å²) in [6.45, 7) is 3.39. The molecule has 248 valence electrons. The molecule has 2 saturated heterocycles. The molecule has 4 aliphatic rings. The van der Waals surface area contributed by atoms with Crippen LogP contribution in [0.15, 0.2) is 77.9 Å². The second kappa shape index (κ2) is 15.4. The van der Waals surface area contributed by atoms with Crippen LogP contribution in [-0.2, 0) is 11.8 Å². The first kappa shape index (κ1) is 33.9. The quantitative estimate of drug-likeness (QED) is 0.327. The van der Waals surface area contributed by atoms with Crippen LogP contribution >= 0.6 is 0 Å². The van der Waals surface area contributed by atoms with Gasteiger partial charge in [0.05, 0.1) is 18.1 Å². The standard InChI is InChI=1S/C16H20F2N2O.C11H10N2O.C10H19N/c17-16(18)9-14(10-16)19-13-6-7-20(11-21)15(8-13)12-4-2-1-3-5-12;1-13-8-12-10(7-11(13)14)9-5-3-2-4-6-9;1-11-8-4-7-10(9-11)5-2-3-6-10/h1-5,11,13-15,19H,6-10H2;2-8H,1H3;2-9H2,1H3/t13-,15+;;/m1../s1. The van der Waals surface area contributed by atoms with Crippen LogP contribution < -0.4 is 10.9 Å². The fourth-order valence-electron chi connectivity index (χ4n) is 7.59. The predicted octanol–water partition coefficient (Wildman–Crippen LogP) is 6.46. The third-order valence-electron chi connectivity index (χ3n) is 10.1. The second-order valence-corrected chi connectivity index (χ2v) is 13.8. The molecule has 2 aliphatic heterocycles. The van der Waals surface area contributed by atoms with Crippen LogP contribution in [0.3, 0.4) is 0 Å². The van der Waals surface area contributed by atoms with Crippen molar-refractivity contribution in [1.82, 2.24) is 24.7 Å². The van der Waals surface area contributed by atoms with Gasteiger partial charge in [-0.2, -0.15) is 0 Å². The van der Waals surface area contributed by atoms with E-state index in [2.05, 4.69) is 22.2 Å². The molecule has 46 heavy (non-hydrogen) atoms. The first-order valence-electron chi connectivity index (χ1n) is 16.8. The van der Waals surface area contributed by atoms with Gasteiger partial charge in [-0.05, 0) is 63.1 Å². The number of aromatic nitrogens is 2. The number of alkyl halides is 2. The Bertz CT molecular complexity index is 1440. The number of carbonyl (C=O) groups is 1. The molecule has 0 unspecified atom stereocenters. The molecule has 2 atom stereocenters. The molecule has 7 rings (SSSR count). The van der Waals surface area contributed by atoms with Crippen molar-refractivity contribution < 1.29 is 13.6 Å². The van der Waals surface area contributed by atoms with Crippen LogP contribution in [0.5, 0.6) is 0 Å². The summed E-state index contributed by atoms with van der Waals surface area (Å²) in [4.78, 5) is 31.1. The highest BCUT2D eigenvalue weighted by atomic mass is 19.3. The minimum atomic E-state index is -2.49. The monoisotopic (exact) mass is 633 g/mol. The Labute approximate surface area is 272 Å². The fourth-order valence-corrected chi connectivity index (χ4v) is 7.59. The summed E-state index contributed by atoms with van der Waals surface area (Å²) in [6, 6.07) is 21.2. The van der Waals surface area contributed by atoms with E-state index in [1.165, 1.54) is 68.6 Å². The molecule has 3 aromatic rings. The highest BCUT2D eigenvalue weighted by Crippen LogP contribution is 2.44. The van der Waals surface area contributed by atoms with Crippen molar-refractivity contribution in [2.75, 3.05) is 26.7 Å². The first-order chi connectivity index (χ1) is 22.2. The Morgan fingerprint density at radius 3 is 2.15 bits per heavy atom.